The molecule has 0 amide bonds. The van der Waals surface area contributed by atoms with Crippen LogP contribution in [-0.4, -0.2) is 14.9 Å². The normalized spacial score (nSPS) is 11.0. The lowest BCUT2D eigenvalue weighted by Gasteiger charge is -1.97. The summed E-state index contributed by atoms with van der Waals surface area (Å²) in [7, 11) is 1.87. The van der Waals surface area contributed by atoms with E-state index in [2.05, 4.69) is 21.0 Å². The standard InChI is InChI=1S/C9H9BrN2O/c1-12-4-6-2-8(10)3-7(5-13)9(6)11-12/h2-4,13H,5H2,1H3. The minimum atomic E-state index is 0.0208. The van der Waals surface area contributed by atoms with Gasteiger partial charge < -0.3 is 5.11 Å². The van der Waals surface area contributed by atoms with Crippen LogP contribution in [0.4, 0.5) is 0 Å². The molecule has 2 aromatic rings. The molecule has 0 fully saturated rings. The molecule has 13 heavy (non-hydrogen) atoms. The molecule has 0 atom stereocenters. The second kappa shape index (κ2) is 3.12. The summed E-state index contributed by atoms with van der Waals surface area (Å²) >= 11 is 3.39. The van der Waals surface area contributed by atoms with Crippen molar-refractivity contribution in [3.05, 3.63) is 28.4 Å². The van der Waals surface area contributed by atoms with Crippen molar-refractivity contribution < 1.29 is 5.11 Å². The van der Waals surface area contributed by atoms with Gasteiger partial charge in [-0.15, -0.1) is 0 Å². The van der Waals surface area contributed by atoms with Gasteiger partial charge in [0.1, 0.15) is 0 Å². The van der Waals surface area contributed by atoms with E-state index in [1.54, 1.807) is 4.68 Å². The molecule has 1 aromatic carbocycles. The largest absolute Gasteiger partial charge is 0.392 e. The predicted octanol–water partition coefficient (Wildman–Crippen LogP) is 1.83. The highest BCUT2D eigenvalue weighted by Crippen LogP contribution is 2.22. The third-order valence-electron chi connectivity index (χ3n) is 1.94. The van der Waals surface area contributed by atoms with Gasteiger partial charge in [-0.05, 0) is 12.1 Å². The van der Waals surface area contributed by atoms with Gasteiger partial charge in [0.2, 0.25) is 0 Å². The van der Waals surface area contributed by atoms with Crippen LogP contribution >= 0.6 is 15.9 Å². The number of benzene rings is 1. The van der Waals surface area contributed by atoms with E-state index in [1.807, 2.05) is 25.4 Å². The lowest BCUT2D eigenvalue weighted by molar-refractivity contribution is 0.283. The number of aliphatic hydroxyl groups is 1. The van der Waals surface area contributed by atoms with Crippen LogP contribution in [0.25, 0.3) is 10.9 Å². The Morgan fingerprint density at radius 1 is 1.54 bits per heavy atom. The smallest absolute Gasteiger partial charge is 0.0979 e. The average Bonchev–Trinajstić information content (AvgIpc) is 2.43. The zero-order chi connectivity index (χ0) is 9.42. The molecule has 4 heteroatoms. The molecule has 0 saturated carbocycles. The first-order chi connectivity index (χ1) is 6.20. The van der Waals surface area contributed by atoms with Gasteiger partial charge >= 0.3 is 0 Å². The minimum Gasteiger partial charge on any atom is -0.392 e. The fourth-order valence-corrected chi connectivity index (χ4v) is 1.93. The number of hydrogen-bond acceptors (Lipinski definition) is 2. The molecule has 2 rings (SSSR count). The summed E-state index contributed by atoms with van der Waals surface area (Å²) in [6.45, 7) is 0.0208. The summed E-state index contributed by atoms with van der Waals surface area (Å²) in [5, 5.41) is 14.4. The van der Waals surface area contributed by atoms with E-state index in [9.17, 15) is 0 Å². The number of fused-ring (bicyclic) bond motifs is 1. The number of aliphatic hydroxyl groups excluding tert-OH is 1. The van der Waals surface area contributed by atoms with Crippen LogP contribution < -0.4 is 0 Å². The van der Waals surface area contributed by atoms with Gasteiger partial charge in [-0.3, -0.25) is 4.68 Å². The van der Waals surface area contributed by atoms with Gasteiger partial charge in [0.15, 0.2) is 0 Å². The average molecular weight is 241 g/mol. The molecule has 0 radical (unpaired) electrons. The van der Waals surface area contributed by atoms with E-state index in [0.717, 1.165) is 20.9 Å². The van der Waals surface area contributed by atoms with Gasteiger partial charge in [-0.1, -0.05) is 15.9 Å². The van der Waals surface area contributed by atoms with Crippen LogP contribution in [-0.2, 0) is 13.7 Å². The number of rotatable bonds is 1. The van der Waals surface area contributed by atoms with Crippen molar-refractivity contribution in [1.82, 2.24) is 9.78 Å². The van der Waals surface area contributed by atoms with Gasteiger partial charge in [-0.2, -0.15) is 5.10 Å². The van der Waals surface area contributed by atoms with Crippen LogP contribution in [0, 0.1) is 0 Å². The lowest BCUT2D eigenvalue weighted by Crippen LogP contribution is -1.89. The van der Waals surface area contributed by atoms with E-state index in [0.29, 0.717) is 0 Å². The van der Waals surface area contributed by atoms with Gasteiger partial charge in [0, 0.05) is 28.7 Å². The van der Waals surface area contributed by atoms with Crippen molar-refractivity contribution in [2.24, 2.45) is 7.05 Å². The van der Waals surface area contributed by atoms with Crippen LogP contribution in [0.3, 0.4) is 0 Å². The predicted molar refractivity (Wildman–Crippen MR) is 54.3 cm³/mol. The quantitative estimate of drug-likeness (QED) is 0.827. The van der Waals surface area contributed by atoms with E-state index < -0.39 is 0 Å². The van der Waals surface area contributed by atoms with Crippen LogP contribution in [0.5, 0.6) is 0 Å². The van der Waals surface area contributed by atoms with E-state index >= 15 is 0 Å². The maximum atomic E-state index is 9.10. The SMILES string of the molecule is Cn1cc2cc(Br)cc(CO)c2n1. The molecule has 0 bridgehead atoms. The van der Waals surface area contributed by atoms with Crippen LogP contribution in [0.1, 0.15) is 5.56 Å². The Bertz CT molecular complexity index is 450. The molecule has 0 saturated heterocycles. The monoisotopic (exact) mass is 240 g/mol. The third-order valence-corrected chi connectivity index (χ3v) is 2.39. The van der Waals surface area contributed by atoms with Crippen molar-refractivity contribution >= 4 is 26.8 Å². The van der Waals surface area contributed by atoms with Crippen molar-refractivity contribution in [1.29, 1.82) is 0 Å². The van der Waals surface area contributed by atoms with Gasteiger partial charge in [-0.25, -0.2) is 0 Å². The Kier molecular flexibility index (Phi) is 2.09. The molecule has 1 aromatic heterocycles. The summed E-state index contributed by atoms with van der Waals surface area (Å²) < 4.78 is 2.72. The fraction of sp³-hybridized carbons (Fsp3) is 0.222. The Hall–Kier alpha value is -0.870. The first-order valence-corrected chi connectivity index (χ1v) is 4.72. The molecular weight excluding hydrogens is 232 g/mol. The first kappa shape index (κ1) is 8.72. The number of hydrogen-bond donors (Lipinski definition) is 1. The molecule has 0 unspecified atom stereocenters. The first-order valence-electron chi connectivity index (χ1n) is 3.93. The summed E-state index contributed by atoms with van der Waals surface area (Å²) in [5.41, 5.74) is 1.72. The molecule has 0 aliphatic carbocycles. The molecule has 1 heterocycles. The summed E-state index contributed by atoms with van der Waals surface area (Å²) in [6, 6.07) is 3.87. The van der Waals surface area contributed by atoms with E-state index in [-0.39, 0.29) is 6.61 Å². The van der Waals surface area contributed by atoms with E-state index in [1.165, 1.54) is 0 Å². The summed E-state index contributed by atoms with van der Waals surface area (Å²) in [5.74, 6) is 0. The van der Waals surface area contributed by atoms with Crippen molar-refractivity contribution in [3.8, 4) is 0 Å². The highest BCUT2D eigenvalue weighted by Gasteiger charge is 2.05. The number of halogens is 1. The molecule has 0 aliphatic rings. The highest BCUT2D eigenvalue weighted by atomic mass is 79.9. The highest BCUT2D eigenvalue weighted by molar-refractivity contribution is 9.10. The topological polar surface area (TPSA) is 38.0 Å². The van der Waals surface area contributed by atoms with Crippen molar-refractivity contribution in [3.63, 3.8) is 0 Å². The molecule has 1 N–H and O–H groups in total. The Morgan fingerprint density at radius 2 is 2.31 bits per heavy atom. The molecule has 0 aliphatic heterocycles. The third kappa shape index (κ3) is 1.47. The molecule has 3 nitrogen and oxygen atoms in total. The van der Waals surface area contributed by atoms with Crippen LogP contribution in [0.2, 0.25) is 0 Å². The Labute approximate surface area is 84.1 Å². The number of nitrogens with zero attached hydrogens (tertiary/aromatic N) is 2. The maximum Gasteiger partial charge on any atom is 0.0979 e. The zero-order valence-electron chi connectivity index (χ0n) is 7.16. The molecular formula is C9H9BrN2O. The van der Waals surface area contributed by atoms with E-state index in [4.69, 9.17) is 5.11 Å². The van der Waals surface area contributed by atoms with Gasteiger partial charge in [0.25, 0.3) is 0 Å². The molecule has 68 valence electrons. The fourth-order valence-electron chi connectivity index (χ4n) is 1.41. The van der Waals surface area contributed by atoms with Gasteiger partial charge in [0.05, 0.1) is 12.1 Å². The summed E-state index contributed by atoms with van der Waals surface area (Å²) in [6.07, 6.45) is 1.93. The van der Waals surface area contributed by atoms with Crippen LogP contribution in [0.15, 0.2) is 22.8 Å². The second-order valence-electron chi connectivity index (χ2n) is 2.96. The minimum absolute atomic E-state index is 0.0208. The Morgan fingerprint density at radius 3 is 3.00 bits per heavy atom. The summed E-state index contributed by atoms with van der Waals surface area (Å²) in [4.78, 5) is 0. The van der Waals surface area contributed by atoms with Crippen molar-refractivity contribution in [2.75, 3.05) is 0 Å². The number of aryl methyl sites for hydroxylation is 1. The second-order valence-corrected chi connectivity index (χ2v) is 3.88. The number of aromatic nitrogens is 2. The lowest BCUT2D eigenvalue weighted by atomic mass is 10.1. The zero-order valence-corrected chi connectivity index (χ0v) is 8.74. The maximum absolute atomic E-state index is 9.10. The molecule has 0 spiro atoms. The van der Waals surface area contributed by atoms with Crippen molar-refractivity contribution in [2.45, 2.75) is 6.61 Å². The Balaban J connectivity index is 2.80.